The van der Waals surface area contributed by atoms with Crippen LogP contribution in [0.2, 0.25) is 0 Å². The summed E-state index contributed by atoms with van der Waals surface area (Å²) in [5, 5.41) is 4.11. The first-order chi connectivity index (χ1) is 10.2. The highest BCUT2D eigenvalue weighted by atomic mass is 16.5. The van der Waals surface area contributed by atoms with Gasteiger partial charge in [0, 0.05) is 17.7 Å². The summed E-state index contributed by atoms with van der Waals surface area (Å²) in [6, 6.07) is 13.2. The predicted octanol–water partition coefficient (Wildman–Crippen LogP) is 1.52. The minimum Gasteiger partial charge on any atom is -0.497 e. The number of pyridine rings is 1. The van der Waals surface area contributed by atoms with Gasteiger partial charge in [0.15, 0.2) is 12.4 Å². The smallest absolute Gasteiger partial charge is 0.305 e. The van der Waals surface area contributed by atoms with Crippen molar-refractivity contribution in [1.82, 2.24) is 5.43 Å². The van der Waals surface area contributed by atoms with Gasteiger partial charge in [-0.05, 0) is 19.1 Å². The van der Waals surface area contributed by atoms with Crippen molar-refractivity contribution < 1.29 is 14.1 Å². The summed E-state index contributed by atoms with van der Waals surface area (Å²) in [7, 11) is 1.62. The average molecular weight is 284 g/mol. The Hall–Kier alpha value is -2.69. The van der Waals surface area contributed by atoms with Crippen LogP contribution in [0.15, 0.2) is 60.0 Å². The number of ether oxygens (including phenoxy) is 1. The predicted molar refractivity (Wildman–Crippen MR) is 80.0 cm³/mol. The lowest BCUT2D eigenvalue weighted by Crippen LogP contribution is -2.41. The molecule has 0 fully saturated rings. The molecular formula is C16H18N3O2+. The third-order valence-corrected chi connectivity index (χ3v) is 2.94. The van der Waals surface area contributed by atoms with Crippen LogP contribution in [0.25, 0.3) is 0 Å². The number of nitrogens with one attached hydrogen (secondary N) is 1. The highest BCUT2D eigenvalue weighted by Crippen LogP contribution is 2.12. The largest absolute Gasteiger partial charge is 0.497 e. The van der Waals surface area contributed by atoms with Gasteiger partial charge in [-0.1, -0.05) is 18.2 Å². The number of amides is 1. The second kappa shape index (κ2) is 7.19. The van der Waals surface area contributed by atoms with Crippen LogP contribution in [0.5, 0.6) is 5.75 Å². The van der Waals surface area contributed by atoms with E-state index in [4.69, 9.17) is 4.74 Å². The molecule has 108 valence electrons. The van der Waals surface area contributed by atoms with Crippen molar-refractivity contribution in [2.45, 2.75) is 13.5 Å². The Labute approximate surface area is 123 Å². The van der Waals surface area contributed by atoms with E-state index in [0.717, 1.165) is 17.0 Å². The van der Waals surface area contributed by atoms with Crippen LogP contribution in [0.3, 0.4) is 0 Å². The van der Waals surface area contributed by atoms with E-state index in [1.807, 2.05) is 61.8 Å². The van der Waals surface area contributed by atoms with Gasteiger partial charge in [0.2, 0.25) is 6.54 Å². The highest BCUT2D eigenvalue weighted by Gasteiger charge is 2.07. The summed E-state index contributed by atoms with van der Waals surface area (Å²) in [6.45, 7) is 2.07. The maximum Gasteiger partial charge on any atom is 0.305 e. The van der Waals surface area contributed by atoms with Crippen LogP contribution in [-0.2, 0) is 11.3 Å². The number of nitrogens with zero attached hydrogens (tertiary/aromatic N) is 2. The first-order valence-corrected chi connectivity index (χ1v) is 6.60. The monoisotopic (exact) mass is 284 g/mol. The molecule has 2 aromatic rings. The van der Waals surface area contributed by atoms with E-state index in [1.165, 1.54) is 0 Å². The fraction of sp³-hybridized carbons (Fsp3) is 0.188. The summed E-state index contributed by atoms with van der Waals surface area (Å²) < 4.78 is 6.95. The summed E-state index contributed by atoms with van der Waals surface area (Å²) in [4.78, 5) is 11.8. The summed E-state index contributed by atoms with van der Waals surface area (Å²) in [5.41, 5.74) is 4.18. The Morgan fingerprint density at radius 1 is 1.24 bits per heavy atom. The maximum atomic E-state index is 11.8. The van der Waals surface area contributed by atoms with Crippen LogP contribution < -0.4 is 14.7 Å². The minimum absolute atomic E-state index is 0.173. The SMILES string of the molecule is COc1cccc(/C(C)=N\NC(=O)C[n+]2ccccc2)c1. The number of rotatable bonds is 5. The zero-order valence-corrected chi connectivity index (χ0v) is 12.1. The molecule has 0 unspecified atom stereocenters. The van der Waals surface area contributed by atoms with E-state index < -0.39 is 0 Å². The Balaban J connectivity index is 1.98. The molecule has 0 aliphatic rings. The quantitative estimate of drug-likeness (QED) is 0.514. The molecule has 1 N–H and O–H groups in total. The third-order valence-electron chi connectivity index (χ3n) is 2.94. The molecular weight excluding hydrogens is 266 g/mol. The molecule has 0 atom stereocenters. The number of benzene rings is 1. The normalized spacial score (nSPS) is 11.0. The number of carbonyl (C=O) groups is 1. The maximum absolute atomic E-state index is 11.8. The van der Waals surface area contributed by atoms with Gasteiger partial charge in [-0.2, -0.15) is 9.67 Å². The number of hydrogen-bond acceptors (Lipinski definition) is 3. The van der Waals surface area contributed by atoms with E-state index in [9.17, 15) is 4.79 Å². The Bertz CT molecular complexity index is 639. The number of hydrogen-bond donors (Lipinski definition) is 1. The number of hydrazone groups is 1. The molecule has 21 heavy (non-hydrogen) atoms. The lowest BCUT2D eigenvalue weighted by molar-refractivity contribution is -0.684. The zero-order valence-electron chi connectivity index (χ0n) is 12.1. The molecule has 1 amide bonds. The first kappa shape index (κ1) is 14.7. The van der Waals surface area contributed by atoms with Gasteiger partial charge in [0.05, 0.1) is 12.8 Å². The molecule has 0 saturated carbocycles. The lowest BCUT2D eigenvalue weighted by Gasteiger charge is -2.04. The van der Waals surface area contributed by atoms with Crippen LogP contribution in [0.4, 0.5) is 0 Å². The molecule has 5 heteroatoms. The van der Waals surface area contributed by atoms with Crippen LogP contribution >= 0.6 is 0 Å². The standard InChI is InChI=1S/C16H17N3O2/c1-13(14-7-6-8-15(11-14)21-2)17-18-16(20)12-19-9-4-3-5-10-19/h3-11H,12H2,1-2H3/p+1/b17-13-. The van der Waals surface area contributed by atoms with Gasteiger partial charge in [-0.25, -0.2) is 5.43 Å². The Kier molecular flexibility index (Phi) is 5.04. The average Bonchev–Trinajstić information content (AvgIpc) is 2.53. The van der Waals surface area contributed by atoms with Crippen molar-refractivity contribution in [1.29, 1.82) is 0 Å². The minimum atomic E-state index is -0.173. The van der Waals surface area contributed by atoms with Gasteiger partial charge in [-0.15, -0.1) is 0 Å². The van der Waals surface area contributed by atoms with E-state index in [0.29, 0.717) is 0 Å². The molecule has 1 heterocycles. The summed E-state index contributed by atoms with van der Waals surface area (Å²) >= 11 is 0. The van der Waals surface area contributed by atoms with Gasteiger partial charge < -0.3 is 4.74 Å². The van der Waals surface area contributed by atoms with Crippen LogP contribution in [0, 0.1) is 0 Å². The van der Waals surface area contributed by atoms with Crippen molar-refractivity contribution >= 4 is 11.6 Å². The van der Waals surface area contributed by atoms with Gasteiger partial charge in [-0.3, -0.25) is 4.79 Å². The molecule has 0 aliphatic carbocycles. The molecule has 1 aromatic heterocycles. The molecule has 0 aliphatic heterocycles. The van der Waals surface area contributed by atoms with E-state index in [2.05, 4.69) is 10.5 Å². The fourth-order valence-corrected chi connectivity index (χ4v) is 1.80. The lowest BCUT2D eigenvalue weighted by atomic mass is 10.1. The number of aromatic nitrogens is 1. The number of carbonyl (C=O) groups excluding carboxylic acids is 1. The fourth-order valence-electron chi connectivity index (χ4n) is 1.80. The van der Waals surface area contributed by atoms with Gasteiger partial charge >= 0.3 is 5.91 Å². The van der Waals surface area contributed by atoms with Crippen LogP contribution in [0.1, 0.15) is 12.5 Å². The number of methoxy groups -OCH3 is 1. The molecule has 0 bridgehead atoms. The van der Waals surface area contributed by atoms with E-state index in [-0.39, 0.29) is 12.5 Å². The summed E-state index contributed by atoms with van der Waals surface area (Å²) in [5.74, 6) is 0.585. The highest BCUT2D eigenvalue weighted by molar-refractivity contribution is 5.99. The first-order valence-electron chi connectivity index (χ1n) is 6.60. The van der Waals surface area contributed by atoms with E-state index >= 15 is 0 Å². The van der Waals surface area contributed by atoms with Crippen molar-refractivity contribution in [3.63, 3.8) is 0 Å². The third kappa shape index (κ3) is 4.42. The van der Waals surface area contributed by atoms with Crippen molar-refractivity contribution in [2.24, 2.45) is 5.10 Å². The molecule has 0 saturated heterocycles. The second-order valence-corrected chi connectivity index (χ2v) is 4.51. The molecule has 2 rings (SSSR count). The second-order valence-electron chi connectivity index (χ2n) is 4.51. The zero-order chi connectivity index (χ0) is 15.1. The van der Waals surface area contributed by atoms with Crippen molar-refractivity contribution in [2.75, 3.05) is 7.11 Å². The Morgan fingerprint density at radius 3 is 2.71 bits per heavy atom. The van der Waals surface area contributed by atoms with Crippen molar-refractivity contribution in [3.8, 4) is 5.75 Å². The van der Waals surface area contributed by atoms with E-state index in [1.54, 1.807) is 11.7 Å². The molecule has 1 aromatic carbocycles. The topological polar surface area (TPSA) is 54.6 Å². The molecule has 5 nitrogen and oxygen atoms in total. The van der Waals surface area contributed by atoms with Gasteiger partial charge in [0.25, 0.3) is 0 Å². The van der Waals surface area contributed by atoms with Gasteiger partial charge in [0.1, 0.15) is 5.75 Å². The Morgan fingerprint density at radius 2 is 2.00 bits per heavy atom. The molecule has 0 radical (unpaired) electrons. The molecule has 0 spiro atoms. The summed E-state index contributed by atoms with van der Waals surface area (Å²) in [6.07, 6.45) is 3.66. The van der Waals surface area contributed by atoms with Crippen molar-refractivity contribution in [3.05, 3.63) is 60.4 Å². The van der Waals surface area contributed by atoms with Crippen LogP contribution in [-0.4, -0.2) is 18.7 Å².